The minimum Gasteiger partial charge on any atom is -0.480 e. The van der Waals surface area contributed by atoms with Gasteiger partial charge < -0.3 is 21.9 Å². The van der Waals surface area contributed by atoms with Crippen molar-refractivity contribution in [1.29, 1.82) is 0 Å². The average Bonchev–Trinajstić information content (AvgIpc) is 2.24. The van der Waals surface area contributed by atoms with Crippen molar-refractivity contribution < 1.29 is 19.5 Å². The molecule has 0 saturated heterocycles. The molecular formula is C10H19N3O4. The summed E-state index contributed by atoms with van der Waals surface area (Å²) >= 11 is 0. The summed E-state index contributed by atoms with van der Waals surface area (Å²) in [6.07, 6.45) is 0.466. The van der Waals surface area contributed by atoms with Gasteiger partial charge in [-0.1, -0.05) is 13.3 Å². The van der Waals surface area contributed by atoms with Gasteiger partial charge in [0.25, 0.3) is 0 Å². The van der Waals surface area contributed by atoms with Crippen LogP contribution in [-0.2, 0) is 14.4 Å². The van der Waals surface area contributed by atoms with Crippen LogP contribution in [0.1, 0.15) is 26.2 Å². The molecule has 0 aliphatic heterocycles. The maximum Gasteiger partial charge on any atom is 0.326 e. The van der Waals surface area contributed by atoms with Gasteiger partial charge in [-0.05, 0) is 12.5 Å². The van der Waals surface area contributed by atoms with E-state index in [1.54, 1.807) is 0 Å². The summed E-state index contributed by atoms with van der Waals surface area (Å²) in [4.78, 5) is 32.9. The van der Waals surface area contributed by atoms with Crippen LogP contribution in [0.2, 0.25) is 0 Å². The van der Waals surface area contributed by atoms with Gasteiger partial charge in [-0.25, -0.2) is 4.79 Å². The second-order valence-corrected chi connectivity index (χ2v) is 3.84. The van der Waals surface area contributed by atoms with Crippen molar-refractivity contribution in [2.24, 2.45) is 17.4 Å². The molecule has 17 heavy (non-hydrogen) atoms. The summed E-state index contributed by atoms with van der Waals surface area (Å²) in [5.41, 5.74) is 10.3. The molecule has 2 atom stereocenters. The summed E-state index contributed by atoms with van der Waals surface area (Å²) in [6.45, 7) is 2.25. The van der Waals surface area contributed by atoms with Crippen LogP contribution in [0.5, 0.6) is 0 Å². The molecule has 0 heterocycles. The van der Waals surface area contributed by atoms with Gasteiger partial charge in [0.2, 0.25) is 11.8 Å². The SMILES string of the molecule is CCC(CN)CC(=O)N[C@H](CC(N)=O)C(=O)O. The Labute approximate surface area is 99.5 Å². The zero-order valence-electron chi connectivity index (χ0n) is 9.81. The zero-order chi connectivity index (χ0) is 13.4. The highest BCUT2D eigenvalue weighted by Crippen LogP contribution is 2.06. The second-order valence-electron chi connectivity index (χ2n) is 3.84. The van der Waals surface area contributed by atoms with Gasteiger partial charge in [-0.15, -0.1) is 0 Å². The van der Waals surface area contributed by atoms with Crippen molar-refractivity contribution in [3.8, 4) is 0 Å². The van der Waals surface area contributed by atoms with Crippen molar-refractivity contribution in [1.82, 2.24) is 5.32 Å². The fourth-order valence-electron chi connectivity index (χ4n) is 1.31. The Morgan fingerprint density at radius 1 is 1.29 bits per heavy atom. The molecular weight excluding hydrogens is 226 g/mol. The van der Waals surface area contributed by atoms with Gasteiger partial charge in [0.15, 0.2) is 0 Å². The number of nitrogens with two attached hydrogens (primary N) is 2. The van der Waals surface area contributed by atoms with Gasteiger partial charge in [-0.3, -0.25) is 9.59 Å². The molecule has 0 aliphatic rings. The molecule has 7 nitrogen and oxygen atoms in total. The number of carbonyl (C=O) groups excluding carboxylic acids is 2. The third-order valence-electron chi connectivity index (χ3n) is 2.42. The van der Waals surface area contributed by atoms with E-state index in [1.165, 1.54) is 0 Å². The molecule has 0 aromatic rings. The number of carboxylic acids is 1. The first kappa shape index (κ1) is 15.4. The van der Waals surface area contributed by atoms with E-state index in [9.17, 15) is 14.4 Å². The smallest absolute Gasteiger partial charge is 0.326 e. The van der Waals surface area contributed by atoms with E-state index >= 15 is 0 Å². The third-order valence-corrected chi connectivity index (χ3v) is 2.42. The Kier molecular flexibility index (Phi) is 6.88. The van der Waals surface area contributed by atoms with Crippen molar-refractivity contribution in [2.75, 3.05) is 6.54 Å². The fraction of sp³-hybridized carbons (Fsp3) is 0.700. The summed E-state index contributed by atoms with van der Waals surface area (Å²) in [6, 6.07) is -1.27. The Morgan fingerprint density at radius 3 is 2.24 bits per heavy atom. The first-order valence-electron chi connectivity index (χ1n) is 5.41. The summed E-state index contributed by atoms with van der Waals surface area (Å²) in [5.74, 6) is -2.48. The molecule has 0 aromatic heterocycles. The van der Waals surface area contributed by atoms with Gasteiger partial charge in [-0.2, -0.15) is 0 Å². The Bertz CT molecular complexity index is 289. The molecule has 0 aromatic carbocycles. The Morgan fingerprint density at radius 2 is 1.88 bits per heavy atom. The quantitative estimate of drug-likeness (QED) is 0.426. The number of carboxylic acid groups (broad SMARTS) is 1. The molecule has 7 heteroatoms. The molecule has 0 fully saturated rings. The van der Waals surface area contributed by atoms with Gasteiger partial charge in [0.1, 0.15) is 6.04 Å². The largest absolute Gasteiger partial charge is 0.480 e. The van der Waals surface area contributed by atoms with Crippen molar-refractivity contribution in [3.05, 3.63) is 0 Å². The molecule has 0 aliphatic carbocycles. The predicted octanol–water partition coefficient (Wildman–Crippen LogP) is -1.19. The van der Waals surface area contributed by atoms with E-state index in [2.05, 4.69) is 5.32 Å². The number of hydrogen-bond acceptors (Lipinski definition) is 4. The van der Waals surface area contributed by atoms with E-state index in [1.807, 2.05) is 6.92 Å². The van der Waals surface area contributed by atoms with Crippen molar-refractivity contribution in [2.45, 2.75) is 32.2 Å². The van der Waals surface area contributed by atoms with Crippen LogP contribution in [0.25, 0.3) is 0 Å². The molecule has 1 unspecified atom stereocenters. The van der Waals surface area contributed by atoms with Crippen LogP contribution in [0.15, 0.2) is 0 Å². The molecule has 0 saturated carbocycles. The lowest BCUT2D eigenvalue weighted by Gasteiger charge is -2.15. The lowest BCUT2D eigenvalue weighted by atomic mass is 10.0. The monoisotopic (exact) mass is 245 g/mol. The molecule has 0 rings (SSSR count). The highest BCUT2D eigenvalue weighted by Gasteiger charge is 2.22. The summed E-state index contributed by atoms with van der Waals surface area (Å²) in [5, 5.41) is 11.0. The van der Waals surface area contributed by atoms with Crippen LogP contribution in [0, 0.1) is 5.92 Å². The van der Waals surface area contributed by atoms with Crippen molar-refractivity contribution >= 4 is 17.8 Å². The van der Waals surface area contributed by atoms with E-state index in [4.69, 9.17) is 16.6 Å². The maximum atomic E-state index is 11.5. The lowest BCUT2D eigenvalue weighted by Crippen LogP contribution is -2.44. The highest BCUT2D eigenvalue weighted by atomic mass is 16.4. The Hall–Kier alpha value is -1.63. The molecule has 6 N–H and O–H groups in total. The van der Waals surface area contributed by atoms with Crippen LogP contribution in [-0.4, -0.2) is 35.5 Å². The lowest BCUT2D eigenvalue weighted by molar-refractivity contribution is -0.143. The topological polar surface area (TPSA) is 136 Å². The van der Waals surface area contributed by atoms with Gasteiger partial charge in [0.05, 0.1) is 6.42 Å². The fourth-order valence-corrected chi connectivity index (χ4v) is 1.31. The maximum absolute atomic E-state index is 11.5. The van der Waals surface area contributed by atoms with Crippen LogP contribution in [0.3, 0.4) is 0 Å². The summed E-state index contributed by atoms with van der Waals surface area (Å²) < 4.78 is 0. The van der Waals surface area contributed by atoms with Crippen LogP contribution in [0.4, 0.5) is 0 Å². The number of rotatable bonds is 8. The number of nitrogens with one attached hydrogen (secondary N) is 1. The van der Waals surface area contributed by atoms with E-state index in [-0.39, 0.29) is 12.3 Å². The number of primary amides is 1. The minimum atomic E-state index is -1.28. The van der Waals surface area contributed by atoms with E-state index in [0.717, 1.165) is 6.42 Å². The molecule has 98 valence electrons. The third kappa shape index (κ3) is 6.52. The number of amides is 2. The average molecular weight is 245 g/mol. The molecule has 0 spiro atoms. The van der Waals surface area contributed by atoms with Crippen LogP contribution >= 0.6 is 0 Å². The van der Waals surface area contributed by atoms with Crippen molar-refractivity contribution in [3.63, 3.8) is 0 Å². The summed E-state index contributed by atoms with van der Waals surface area (Å²) in [7, 11) is 0. The molecule has 0 bridgehead atoms. The molecule has 2 amide bonds. The van der Waals surface area contributed by atoms with E-state index < -0.39 is 30.2 Å². The molecule has 0 radical (unpaired) electrons. The predicted molar refractivity (Wildman–Crippen MR) is 60.8 cm³/mol. The first-order chi connectivity index (χ1) is 7.90. The highest BCUT2D eigenvalue weighted by molar-refractivity contribution is 5.88. The number of carbonyl (C=O) groups is 3. The minimum absolute atomic E-state index is 0.0121. The van der Waals surface area contributed by atoms with Crippen LogP contribution < -0.4 is 16.8 Å². The zero-order valence-corrected chi connectivity index (χ0v) is 9.81. The first-order valence-corrected chi connectivity index (χ1v) is 5.41. The van der Waals surface area contributed by atoms with E-state index in [0.29, 0.717) is 6.54 Å². The van der Waals surface area contributed by atoms with Gasteiger partial charge >= 0.3 is 5.97 Å². The van der Waals surface area contributed by atoms with Gasteiger partial charge in [0, 0.05) is 6.42 Å². The standard InChI is InChI=1S/C10H19N3O4/c1-2-6(5-11)3-9(15)13-7(10(16)17)4-8(12)14/h6-7H,2-5,11H2,1H3,(H2,12,14)(H,13,15)(H,16,17)/t6?,7-/m1/s1. The number of hydrogen-bond donors (Lipinski definition) is 4. The Balaban J connectivity index is 4.30. The normalized spacial score (nSPS) is 13.8. The second kappa shape index (κ2) is 7.61. The number of aliphatic carboxylic acids is 1.